The van der Waals surface area contributed by atoms with Gasteiger partial charge in [0.2, 0.25) is 11.8 Å². The molecule has 120 valence electrons. The number of nitriles is 1. The molecule has 0 bridgehead atoms. The minimum absolute atomic E-state index is 0.0319. The van der Waals surface area contributed by atoms with Crippen LogP contribution in [0.4, 0.5) is 11.4 Å². The summed E-state index contributed by atoms with van der Waals surface area (Å²) in [5.41, 5.74) is 1.19. The normalized spacial score (nSPS) is 13.2. The number of fused-ring (bicyclic) bond motifs is 1. The summed E-state index contributed by atoms with van der Waals surface area (Å²) in [4.78, 5) is 37.4. The van der Waals surface area contributed by atoms with Gasteiger partial charge in [-0.05, 0) is 18.1 Å². The van der Waals surface area contributed by atoms with Crippen molar-refractivity contribution < 1.29 is 14.5 Å². The SMILES string of the molecule is CN(CCC#N)C(=O)CN1C(=O)CCc2cc([N+](=O)[O-])ccc21. The van der Waals surface area contributed by atoms with Gasteiger partial charge in [-0.3, -0.25) is 19.7 Å². The molecule has 0 atom stereocenters. The Morgan fingerprint density at radius 1 is 1.48 bits per heavy atom. The second-order valence-electron chi connectivity index (χ2n) is 5.27. The van der Waals surface area contributed by atoms with Gasteiger partial charge in [-0.15, -0.1) is 0 Å². The summed E-state index contributed by atoms with van der Waals surface area (Å²) in [5.74, 6) is -0.465. The first-order valence-corrected chi connectivity index (χ1v) is 7.12. The molecule has 0 saturated carbocycles. The second-order valence-corrected chi connectivity index (χ2v) is 5.27. The number of nitro benzene ring substituents is 1. The first kappa shape index (κ1) is 16.4. The number of likely N-dealkylation sites (N-methyl/N-ethyl adjacent to an activating group) is 1. The number of benzene rings is 1. The van der Waals surface area contributed by atoms with Crippen molar-refractivity contribution in [2.24, 2.45) is 0 Å². The van der Waals surface area contributed by atoms with Crippen LogP contribution in [0.2, 0.25) is 0 Å². The molecule has 0 fully saturated rings. The Hall–Kier alpha value is -2.95. The summed E-state index contributed by atoms with van der Waals surface area (Å²) in [6, 6.07) is 6.24. The van der Waals surface area contributed by atoms with E-state index in [1.54, 1.807) is 7.05 Å². The number of anilines is 1. The number of hydrogen-bond donors (Lipinski definition) is 0. The van der Waals surface area contributed by atoms with Gasteiger partial charge in [0.05, 0.1) is 17.4 Å². The molecule has 0 unspecified atom stereocenters. The van der Waals surface area contributed by atoms with Crippen LogP contribution in [0.25, 0.3) is 0 Å². The molecular weight excluding hydrogens is 300 g/mol. The maximum atomic E-state index is 12.2. The molecule has 23 heavy (non-hydrogen) atoms. The molecule has 0 saturated heterocycles. The van der Waals surface area contributed by atoms with Gasteiger partial charge in [-0.1, -0.05) is 0 Å². The third-order valence-corrected chi connectivity index (χ3v) is 3.75. The zero-order valence-corrected chi connectivity index (χ0v) is 12.7. The lowest BCUT2D eigenvalue weighted by atomic mass is 10.0. The maximum absolute atomic E-state index is 12.2. The fraction of sp³-hybridized carbons (Fsp3) is 0.400. The molecule has 1 aliphatic rings. The average Bonchev–Trinajstić information content (AvgIpc) is 2.54. The molecular formula is C15H16N4O4. The van der Waals surface area contributed by atoms with Crippen molar-refractivity contribution in [3.63, 3.8) is 0 Å². The standard InChI is InChI=1S/C15H16N4O4/c1-17(8-2-7-16)15(21)10-18-13-5-4-12(19(22)23)9-11(13)3-6-14(18)20/h4-5,9H,2-3,6,8,10H2,1H3. The van der Waals surface area contributed by atoms with Crippen molar-refractivity contribution in [2.45, 2.75) is 19.3 Å². The molecule has 0 spiro atoms. The lowest BCUT2D eigenvalue weighted by Crippen LogP contribution is -2.43. The first-order chi connectivity index (χ1) is 10.9. The fourth-order valence-electron chi connectivity index (χ4n) is 2.43. The minimum Gasteiger partial charge on any atom is -0.343 e. The summed E-state index contributed by atoms with van der Waals surface area (Å²) in [5, 5.41) is 19.4. The van der Waals surface area contributed by atoms with E-state index < -0.39 is 4.92 Å². The number of aryl methyl sites for hydroxylation is 1. The highest BCUT2D eigenvalue weighted by Crippen LogP contribution is 2.30. The highest BCUT2D eigenvalue weighted by molar-refractivity contribution is 6.01. The van der Waals surface area contributed by atoms with Crippen molar-refractivity contribution >= 4 is 23.2 Å². The van der Waals surface area contributed by atoms with E-state index in [4.69, 9.17) is 5.26 Å². The third kappa shape index (κ3) is 3.63. The van der Waals surface area contributed by atoms with Crippen molar-refractivity contribution in [1.82, 2.24) is 4.90 Å². The van der Waals surface area contributed by atoms with E-state index in [2.05, 4.69) is 0 Å². The zero-order valence-electron chi connectivity index (χ0n) is 12.7. The van der Waals surface area contributed by atoms with Crippen LogP contribution >= 0.6 is 0 Å². The fourth-order valence-corrected chi connectivity index (χ4v) is 2.43. The van der Waals surface area contributed by atoms with Gasteiger partial charge in [0, 0.05) is 37.8 Å². The van der Waals surface area contributed by atoms with Crippen LogP contribution in [0.5, 0.6) is 0 Å². The predicted molar refractivity (Wildman–Crippen MR) is 81.6 cm³/mol. The van der Waals surface area contributed by atoms with Crippen LogP contribution in [0, 0.1) is 21.4 Å². The van der Waals surface area contributed by atoms with E-state index in [-0.39, 0.29) is 36.9 Å². The summed E-state index contributed by atoms with van der Waals surface area (Å²) in [6.45, 7) is 0.163. The molecule has 1 heterocycles. The molecule has 8 heteroatoms. The van der Waals surface area contributed by atoms with E-state index in [9.17, 15) is 19.7 Å². The first-order valence-electron chi connectivity index (χ1n) is 7.12. The number of nitrogens with zero attached hydrogens (tertiary/aromatic N) is 4. The lowest BCUT2D eigenvalue weighted by Gasteiger charge is -2.30. The van der Waals surface area contributed by atoms with E-state index in [0.29, 0.717) is 24.2 Å². The van der Waals surface area contributed by atoms with Crippen molar-refractivity contribution in [2.75, 3.05) is 25.0 Å². The van der Waals surface area contributed by atoms with Gasteiger partial charge >= 0.3 is 0 Å². The van der Waals surface area contributed by atoms with Gasteiger partial charge in [-0.2, -0.15) is 5.26 Å². The molecule has 2 rings (SSSR count). The number of rotatable bonds is 5. The number of non-ortho nitro benzene ring substituents is 1. The Kier molecular flexibility index (Phi) is 4.91. The smallest absolute Gasteiger partial charge is 0.269 e. The summed E-state index contributed by atoms with van der Waals surface area (Å²) >= 11 is 0. The van der Waals surface area contributed by atoms with Crippen LogP contribution < -0.4 is 4.90 Å². The number of carbonyl (C=O) groups is 2. The van der Waals surface area contributed by atoms with Gasteiger partial charge in [0.1, 0.15) is 6.54 Å². The topological polar surface area (TPSA) is 108 Å². The van der Waals surface area contributed by atoms with Crippen LogP contribution in [-0.2, 0) is 16.0 Å². The van der Waals surface area contributed by atoms with Crippen LogP contribution in [0.3, 0.4) is 0 Å². The minimum atomic E-state index is -0.484. The zero-order chi connectivity index (χ0) is 17.0. The highest BCUT2D eigenvalue weighted by atomic mass is 16.6. The Bertz CT molecular complexity index is 695. The van der Waals surface area contributed by atoms with Gasteiger partial charge in [-0.25, -0.2) is 0 Å². The molecule has 0 aliphatic carbocycles. The highest BCUT2D eigenvalue weighted by Gasteiger charge is 2.28. The van der Waals surface area contributed by atoms with Crippen LogP contribution in [0.15, 0.2) is 18.2 Å². The molecule has 1 aromatic rings. The van der Waals surface area contributed by atoms with E-state index in [1.807, 2.05) is 6.07 Å². The van der Waals surface area contributed by atoms with Gasteiger partial charge < -0.3 is 9.80 Å². The molecule has 0 radical (unpaired) electrons. The average molecular weight is 316 g/mol. The summed E-state index contributed by atoms with van der Waals surface area (Å²) in [6.07, 6.45) is 0.854. The molecule has 1 aliphatic heterocycles. The molecule has 8 nitrogen and oxygen atoms in total. The number of nitro groups is 1. The summed E-state index contributed by atoms with van der Waals surface area (Å²) in [7, 11) is 1.57. The van der Waals surface area contributed by atoms with Crippen LogP contribution in [0.1, 0.15) is 18.4 Å². The third-order valence-electron chi connectivity index (χ3n) is 3.75. The Morgan fingerprint density at radius 2 is 2.22 bits per heavy atom. The Labute approximate surface area is 133 Å². The molecule has 1 aromatic carbocycles. The Balaban J connectivity index is 2.20. The number of amides is 2. The van der Waals surface area contributed by atoms with E-state index in [1.165, 1.54) is 28.0 Å². The molecule has 0 N–H and O–H groups in total. The van der Waals surface area contributed by atoms with Gasteiger partial charge in [0.15, 0.2) is 0 Å². The molecule has 0 aromatic heterocycles. The second kappa shape index (κ2) is 6.87. The van der Waals surface area contributed by atoms with Gasteiger partial charge in [0.25, 0.3) is 5.69 Å². The van der Waals surface area contributed by atoms with E-state index >= 15 is 0 Å². The van der Waals surface area contributed by atoms with Crippen molar-refractivity contribution in [1.29, 1.82) is 5.26 Å². The molecule has 2 amide bonds. The van der Waals surface area contributed by atoms with E-state index in [0.717, 1.165) is 0 Å². The summed E-state index contributed by atoms with van der Waals surface area (Å²) < 4.78 is 0. The number of hydrogen-bond acceptors (Lipinski definition) is 5. The van der Waals surface area contributed by atoms with Crippen molar-refractivity contribution in [3.05, 3.63) is 33.9 Å². The quantitative estimate of drug-likeness (QED) is 0.600. The maximum Gasteiger partial charge on any atom is 0.269 e. The largest absolute Gasteiger partial charge is 0.343 e. The predicted octanol–water partition coefficient (Wildman–Crippen LogP) is 1.25. The van der Waals surface area contributed by atoms with Crippen molar-refractivity contribution in [3.8, 4) is 6.07 Å². The van der Waals surface area contributed by atoms with Crippen LogP contribution in [-0.4, -0.2) is 41.8 Å². The lowest BCUT2D eigenvalue weighted by molar-refractivity contribution is -0.384. The Morgan fingerprint density at radius 3 is 2.87 bits per heavy atom. The monoisotopic (exact) mass is 316 g/mol. The number of carbonyl (C=O) groups excluding carboxylic acids is 2.